The number of nitrogens with one attached hydrogen (secondary N) is 1. The van der Waals surface area contributed by atoms with Crippen molar-refractivity contribution >= 4 is 33.2 Å². The lowest BCUT2D eigenvalue weighted by molar-refractivity contribution is 0.626. The first-order chi connectivity index (χ1) is 8.69. The van der Waals surface area contributed by atoms with Crippen molar-refractivity contribution in [2.24, 2.45) is 0 Å². The van der Waals surface area contributed by atoms with Crippen molar-refractivity contribution in [2.45, 2.75) is 12.4 Å². The van der Waals surface area contributed by atoms with Crippen LogP contribution in [0.1, 0.15) is 11.1 Å². The van der Waals surface area contributed by atoms with Gasteiger partial charge >= 0.3 is 0 Å². The Morgan fingerprint density at radius 3 is 2.44 bits per heavy atom. The lowest BCUT2D eigenvalue weighted by Gasteiger charge is -2.08. The van der Waals surface area contributed by atoms with E-state index in [1.807, 2.05) is 24.3 Å². The molecule has 0 fully saturated rings. The normalized spacial score (nSPS) is 10.4. The molecule has 0 aliphatic heterocycles. The van der Waals surface area contributed by atoms with E-state index in [1.165, 1.54) is 12.1 Å². The third-order valence-electron chi connectivity index (χ3n) is 2.61. The summed E-state index contributed by atoms with van der Waals surface area (Å²) in [7, 11) is 0. The molecular weight excluding hydrogens is 317 g/mol. The molecule has 0 atom stereocenters. The fraction of sp³-hybridized carbons (Fsp3) is 0.143. The number of hydrogen-bond acceptors (Lipinski definition) is 1. The molecule has 0 aliphatic rings. The molecule has 0 amide bonds. The number of benzene rings is 2. The van der Waals surface area contributed by atoms with Gasteiger partial charge in [-0.15, -0.1) is 11.6 Å². The maximum absolute atomic E-state index is 12.9. The molecule has 2 aromatic rings. The highest BCUT2D eigenvalue weighted by molar-refractivity contribution is 9.10. The average Bonchev–Trinajstić information content (AvgIpc) is 2.38. The first kappa shape index (κ1) is 13.4. The summed E-state index contributed by atoms with van der Waals surface area (Å²) < 4.78 is 13.7. The minimum absolute atomic E-state index is 0.239. The molecule has 1 nitrogen and oxygen atoms in total. The first-order valence-electron chi connectivity index (χ1n) is 5.52. The van der Waals surface area contributed by atoms with Gasteiger partial charge in [-0.05, 0) is 35.4 Å². The summed E-state index contributed by atoms with van der Waals surface area (Å²) >= 11 is 9.07. The SMILES string of the molecule is Fc1ccc(CNc2ccc(CCl)cc2)c(Br)c1. The Morgan fingerprint density at radius 1 is 1.11 bits per heavy atom. The molecule has 0 heterocycles. The van der Waals surface area contributed by atoms with Gasteiger partial charge in [0.1, 0.15) is 5.82 Å². The van der Waals surface area contributed by atoms with Gasteiger partial charge in [-0.3, -0.25) is 0 Å². The van der Waals surface area contributed by atoms with Crippen LogP contribution in [0.5, 0.6) is 0 Å². The quantitative estimate of drug-likeness (QED) is 0.784. The summed E-state index contributed by atoms with van der Waals surface area (Å²) in [5.41, 5.74) is 3.11. The molecule has 0 unspecified atom stereocenters. The molecular formula is C14H12BrClFN. The number of hydrogen-bond donors (Lipinski definition) is 1. The van der Waals surface area contributed by atoms with E-state index in [-0.39, 0.29) is 5.82 Å². The fourth-order valence-electron chi connectivity index (χ4n) is 1.57. The second kappa shape index (κ2) is 6.21. The van der Waals surface area contributed by atoms with E-state index in [9.17, 15) is 4.39 Å². The Bertz CT molecular complexity index is 528. The minimum atomic E-state index is -0.239. The van der Waals surface area contributed by atoms with Crippen LogP contribution in [0.3, 0.4) is 0 Å². The molecule has 1 N–H and O–H groups in total. The van der Waals surface area contributed by atoms with E-state index in [4.69, 9.17) is 11.6 Å². The fourth-order valence-corrected chi connectivity index (χ4v) is 2.24. The topological polar surface area (TPSA) is 12.0 Å². The third-order valence-corrected chi connectivity index (χ3v) is 3.65. The van der Waals surface area contributed by atoms with E-state index >= 15 is 0 Å². The van der Waals surface area contributed by atoms with Crippen LogP contribution in [0, 0.1) is 5.82 Å². The lowest BCUT2D eigenvalue weighted by Crippen LogP contribution is -2.00. The molecule has 4 heteroatoms. The molecule has 2 rings (SSSR count). The van der Waals surface area contributed by atoms with Crippen LogP contribution in [-0.2, 0) is 12.4 Å². The van der Waals surface area contributed by atoms with E-state index < -0.39 is 0 Å². The Hall–Kier alpha value is -1.06. The summed E-state index contributed by atoms with van der Waals surface area (Å²) in [5, 5.41) is 3.28. The van der Waals surface area contributed by atoms with Crippen LogP contribution in [0.4, 0.5) is 10.1 Å². The van der Waals surface area contributed by atoms with Crippen molar-refractivity contribution in [3.63, 3.8) is 0 Å². The van der Waals surface area contributed by atoms with Crippen molar-refractivity contribution in [3.05, 3.63) is 63.9 Å². The summed E-state index contributed by atoms with van der Waals surface area (Å²) in [6.45, 7) is 0.640. The van der Waals surface area contributed by atoms with Gasteiger partial charge in [0.05, 0.1) is 0 Å². The van der Waals surface area contributed by atoms with Crippen molar-refractivity contribution in [1.82, 2.24) is 0 Å². The van der Waals surface area contributed by atoms with Crippen LogP contribution >= 0.6 is 27.5 Å². The zero-order chi connectivity index (χ0) is 13.0. The molecule has 0 saturated heterocycles. The summed E-state index contributed by atoms with van der Waals surface area (Å²) in [4.78, 5) is 0. The number of rotatable bonds is 4. The molecule has 0 saturated carbocycles. The number of halogens is 3. The maximum Gasteiger partial charge on any atom is 0.124 e. The first-order valence-corrected chi connectivity index (χ1v) is 6.84. The van der Waals surface area contributed by atoms with Crippen LogP contribution in [0.15, 0.2) is 46.9 Å². The third kappa shape index (κ3) is 3.47. The van der Waals surface area contributed by atoms with Gasteiger partial charge in [-0.2, -0.15) is 0 Å². The molecule has 94 valence electrons. The van der Waals surface area contributed by atoms with Gasteiger partial charge in [0.15, 0.2) is 0 Å². The van der Waals surface area contributed by atoms with Crippen molar-refractivity contribution < 1.29 is 4.39 Å². The summed E-state index contributed by atoms with van der Waals surface area (Å²) in [5.74, 6) is 0.279. The highest BCUT2D eigenvalue weighted by atomic mass is 79.9. The molecule has 18 heavy (non-hydrogen) atoms. The molecule has 0 bridgehead atoms. The number of anilines is 1. The van der Waals surface area contributed by atoms with Crippen LogP contribution in [0.25, 0.3) is 0 Å². The zero-order valence-electron chi connectivity index (χ0n) is 9.59. The highest BCUT2D eigenvalue weighted by Gasteiger charge is 2.01. The van der Waals surface area contributed by atoms with Gasteiger partial charge in [0.2, 0.25) is 0 Å². The van der Waals surface area contributed by atoms with Crippen molar-refractivity contribution in [3.8, 4) is 0 Å². The van der Waals surface area contributed by atoms with Gasteiger partial charge < -0.3 is 5.32 Å². The van der Waals surface area contributed by atoms with Crippen molar-refractivity contribution in [1.29, 1.82) is 0 Å². The van der Waals surface area contributed by atoms with Gasteiger partial charge in [-0.25, -0.2) is 4.39 Å². The van der Waals surface area contributed by atoms with E-state index in [0.717, 1.165) is 21.3 Å². The smallest absolute Gasteiger partial charge is 0.124 e. The molecule has 0 radical (unpaired) electrons. The molecule has 0 aliphatic carbocycles. The van der Waals surface area contributed by atoms with Gasteiger partial charge in [-0.1, -0.05) is 34.1 Å². The Balaban J connectivity index is 2.02. The second-order valence-corrected chi connectivity index (χ2v) is 5.04. The van der Waals surface area contributed by atoms with E-state index in [2.05, 4.69) is 21.2 Å². The Kier molecular flexibility index (Phi) is 4.61. The van der Waals surface area contributed by atoms with Gasteiger partial charge in [0, 0.05) is 22.6 Å². The predicted molar refractivity (Wildman–Crippen MR) is 77.4 cm³/mol. The Labute approximate surface area is 119 Å². The predicted octanol–water partition coefficient (Wildman–Crippen LogP) is 4.94. The standard InChI is InChI=1S/C14H12BrClFN/c15-14-7-12(17)4-3-11(14)9-18-13-5-1-10(8-16)2-6-13/h1-7,18H,8-9H2. The van der Waals surface area contributed by atoms with Crippen LogP contribution in [0.2, 0.25) is 0 Å². The molecule has 2 aromatic carbocycles. The lowest BCUT2D eigenvalue weighted by atomic mass is 10.2. The van der Waals surface area contributed by atoms with E-state index in [0.29, 0.717) is 12.4 Å². The van der Waals surface area contributed by atoms with Gasteiger partial charge in [0.25, 0.3) is 0 Å². The van der Waals surface area contributed by atoms with Crippen LogP contribution in [-0.4, -0.2) is 0 Å². The maximum atomic E-state index is 12.9. The monoisotopic (exact) mass is 327 g/mol. The van der Waals surface area contributed by atoms with E-state index in [1.54, 1.807) is 6.07 Å². The summed E-state index contributed by atoms with van der Waals surface area (Å²) in [6.07, 6.45) is 0. The highest BCUT2D eigenvalue weighted by Crippen LogP contribution is 2.19. The number of alkyl halides is 1. The average molecular weight is 329 g/mol. The molecule has 0 spiro atoms. The largest absolute Gasteiger partial charge is 0.381 e. The minimum Gasteiger partial charge on any atom is -0.381 e. The zero-order valence-corrected chi connectivity index (χ0v) is 11.9. The second-order valence-electron chi connectivity index (χ2n) is 3.92. The molecule has 0 aromatic heterocycles. The summed E-state index contributed by atoms with van der Waals surface area (Å²) in [6, 6.07) is 12.6. The Morgan fingerprint density at radius 2 is 1.83 bits per heavy atom. The van der Waals surface area contributed by atoms with Crippen molar-refractivity contribution in [2.75, 3.05) is 5.32 Å². The van der Waals surface area contributed by atoms with Crippen LogP contribution < -0.4 is 5.32 Å².